The Kier molecular flexibility index (Phi) is 6.00. The van der Waals surface area contributed by atoms with Crippen molar-refractivity contribution in [2.75, 3.05) is 7.11 Å². The Bertz CT molecular complexity index is 712. The maximum absolute atomic E-state index is 13.6. The summed E-state index contributed by atoms with van der Waals surface area (Å²) in [4.78, 5) is 25.5. The van der Waals surface area contributed by atoms with Gasteiger partial charge >= 0.3 is 12.1 Å². The fourth-order valence-corrected chi connectivity index (χ4v) is 2.91. The third-order valence-electron chi connectivity index (χ3n) is 4.02. The minimum Gasteiger partial charge on any atom is -0.466 e. The number of carbonyl (C=O) groups excluding carboxylic acids is 2. The van der Waals surface area contributed by atoms with Crippen LogP contribution in [0.25, 0.3) is 0 Å². The summed E-state index contributed by atoms with van der Waals surface area (Å²) in [5, 5.41) is 0. The smallest absolute Gasteiger partial charge is 0.411 e. The summed E-state index contributed by atoms with van der Waals surface area (Å²) in [7, 11) is 1.26. The van der Waals surface area contributed by atoms with Crippen molar-refractivity contribution in [2.45, 2.75) is 51.3 Å². The quantitative estimate of drug-likeness (QED) is 0.595. The Morgan fingerprint density at radius 1 is 1.19 bits per heavy atom. The van der Waals surface area contributed by atoms with E-state index >= 15 is 0 Å². The fraction of sp³-hybridized carbons (Fsp3) is 0.474. The van der Waals surface area contributed by atoms with Crippen molar-refractivity contribution in [1.82, 2.24) is 4.90 Å². The normalized spacial score (nSPS) is 20.5. The number of halogens is 2. The summed E-state index contributed by atoms with van der Waals surface area (Å²) < 4.78 is 36.9. The highest BCUT2D eigenvalue weighted by molar-refractivity contribution is 5.82. The van der Waals surface area contributed by atoms with E-state index in [9.17, 15) is 18.4 Å². The molecule has 5 nitrogen and oxygen atoms in total. The molecule has 0 radical (unpaired) electrons. The lowest BCUT2D eigenvalue weighted by molar-refractivity contribution is -0.134. The predicted molar refractivity (Wildman–Crippen MR) is 91.4 cm³/mol. The van der Waals surface area contributed by atoms with Gasteiger partial charge < -0.3 is 9.47 Å². The molecule has 2 atom stereocenters. The number of esters is 1. The second-order valence-corrected chi connectivity index (χ2v) is 7.10. The molecule has 1 aromatic rings. The van der Waals surface area contributed by atoms with Crippen molar-refractivity contribution in [3.05, 3.63) is 47.5 Å². The average Bonchev–Trinajstić information content (AvgIpc) is 2.97. The maximum Gasteiger partial charge on any atom is 0.411 e. The number of hydrogen-bond donors (Lipinski definition) is 0. The van der Waals surface area contributed by atoms with Crippen LogP contribution < -0.4 is 0 Å². The monoisotopic (exact) mass is 367 g/mol. The van der Waals surface area contributed by atoms with Crippen molar-refractivity contribution in [2.24, 2.45) is 0 Å². The molecule has 0 N–H and O–H groups in total. The van der Waals surface area contributed by atoms with Gasteiger partial charge in [-0.2, -0.15) is 0 Å². The Morgan fingerprint density at radius 2 is 1.88 bits per heavy atom. The van der Waals surface area contributed by atoms with Crippen LogP contribution in [0.2, 0.25) is 0 Å². The number of rotatable bonds is 3. The largest absolute Gasteiger partial charge is 0.466 e. The molecule has 142 valence electrons. The Balaban J connectivity index is 2.33. The summed E-state index contributed by atoms with van der Waals surface area (Å²) >= 11 is 0. The van der Waals surface area contributed by atoms with Gasteiger partial charge in [-0.25, -0.2) is 18.4 Å². The number of nitrogens with zero attached hydrogens (tertiary/aromatic N) is 1. The zero-order chi connectivity index (χ0) is 19.5. The van der Waals surface area contributed by atoms with Gasteiger partial charge in [-0.05, 0) is 51.3 Å². The van der Waals surface area contributed by atoms with E-state index in [-0.39, 0.29) is 0 Å². The van der Waals surface area contributed by atoms with Gasteiger partial charge in [-0.3, -0.25) is 4.90 Å². The molecule has 0 saturated carbocycles. The zero-order valence-electron chi connectivity index (χ0n) is 15.3. The molecule has 2 rings (SSSR count). The molecule has 1 aromatic carbocycles. The van der Waals surface area contributed by atoms with Crippen molar-refractivity contribution in [3.63, 3.8) is 0 Å². The molecule has 0 bridgehead atoms. The van der Waals surface area contributed by atoms with Gasteiger partial charge in [0.05, 0.1) is 19.2 Å². The molecular weight excluding hydrogens is 344 g/mol. The van der Waals surface area contributed by atoms with Crippen molar-refractivity contribution in [3.8, 4) is 0 Å². The molecule has 1 saturated heterocycles. The molecule has 1 amide bonds. The van der Waals surface area contributed by atoms with Gasteiger partial charge in [0, 0.05) is 6.08 Å². The number of amides is 1. The molecule has 1 aliphatic rings. The molecule has 0 aliphatic carbocycles. The number of benzene rings is 1. The maximum atomic E-state index is 13.6. The summed E-state index contributed by atoms with van der Waals surface area (Å²) in [6, 6.07) is 2.68. The zero-order valence-corrected chi connectivity index (χ0v) is 15.3. The SMILES string of the molecule is COC(=O)C=CC1CCC(c2ccc(F)c(F)c2)N1C(=O)OC(C)(C)C. The van der Waals surface area contributed by atoms with Gasteiger partial charge in [0.15, 0.2) is 11.6 Å². The highest BCUT2D eigenvalue weighted by Crippen LogP contribution is 2.38. The van der Waals surface area contributed by atoms with Crippen LogP contribution in [0.4, 0.5) is 13.6 Å². The lowest BCUT2D eigenvalue weighted by Gasteiger charge is -2.32. The molecule has 2 unspecified atom stereocenters. The third kappa shape index (κ3) is 4.80. The molecule has 7 heteroatoms. The first-order valence-corrected chi connectivity index (χ1v) is 8.35. The van der Waals surface area contributed by atoms with Crippen LogP contribution in [0.1, 0.15) is 45.2 Å². The number of carbonyl (C=O) groups is 2. The lowest BCUT2D eigenvalue weighted by Crippen LogP contribution is -2.40. The number of methoxy groups -OCH3 is 1. The predicted octanol–water partition coefficient (Wildman–Crippen LogP) is 4.13. The van der Waals surface area contributed by atoms with E-state index in [0.717, 1.165) is 12.1 Å². The van der Waals surface area contributed by atoms with Crippen LogP contribution in [-0.2, 0) is 14.3 Å². The van der Waals surface area contributed by atoms with Crippen molar-refractivity contribution in [1.29, 1.82) is 0 Å². The van der Waals surface area contributed by atoms with Crippen molar-refractivity contribution >= 4 is 12.1 Å². The minimum atomic E-state index is -0.972. The lowest BCUT2D eigenvalue weighted by atomic mass is 10.0. The Morgan fingerprint density at radius 3 is 2.46 bits per heavy atom. The molecule has 1 heterocycles. The minimum absolute atomic E-state index is 0.415. The first-order valence-electron chi connectivity index (χ1n) is 8.35. The molecule has 0 aromatic heterocycles. The summed E-state index contributed by atoms with van der Waals surface area (Å²) in [6.45, 7) is 5.23. The summed E-state index contributed by atoms with van der Waals surface area (Å²) in [5.74, 6) is -2.46. The molecule has 26 heavy (non-hydrogen) atoms. The molecule has 1 fully saturated rings. The van der Waals surface area contributed by atoms with Crippen LogP contribution in [0.15, 0.2) is 30.4 Å². The Hall–Kier alpha value is -2.44. The van der Waals surface area contributed by atoms with E-state index in [1.807, 2.05) is 0 Å². The van der Waals surface area contributed by atoms with Gasteiger partial charge in [0.2, 0.25) is 0 Å². The van der Waals surface area contributed by atoms with Gasteiger partial charge in [-0.1, -0.05) is 12.1 Å². The summed E-state index contributed by atoms with van der Waals surface area (Å²) in [5.41, 5.74) is -0.238. The second-order valence-electron chi connectivity index (χ2n) is 7.10. The van der Waals surface area contributed by atoms with Crippen molar-refractivity contribution < 1.29 is 27.8 Å². The molecular formula is C19H23F2NO4. The third-order valence-corrected chi connectivity index (χ3v) is 4.02. The van der Waals surface area contributed by atoms with E-state index < -0.39 is 41.4 Å². The molecule has 0 spiro atoms. The van der Waals surface area contributed by atoms with E-state index in [2.05, 4.69) is 4.74 Å². The topological polar surface area (TPSA) is 55.8 Å². The van der Waals surface area contributed by atoms with Crippen LogP contribution >= 0.6 is 0 Å². The first kappa shape index (κ1) is 19.9. The number of likely N-dealkylation sites (tertiary alicyclic amines) is 1. The number of ether oxygens (including phenoxy) is 2. The van der Waals surface area contributed by atoms with Gasteiger partial charge in [0.1, 0.15) is 5.60 Å². The van der Waals surface area contributed by atoms with Gasteiger partial charge in [-0.15, -0.1) is 0 Å². The fourth-order valence-electron chi connectivity index (χ4n) is 2.91. The van der Waals surface area contributed by atoms with E-state index in [1.54, 1.807) is 26.8 Å². The van der Waals surface area contributed by atoms with Crippen LogP contribution in [0.3, 0.4) is 0 Å². The van der Waals surface area contributed by atoms with Crippen LogP contribution in [0, 0.1) is 11.6 Å². The second kappa shape index (κ2) is 7.85. The molecule has 1 aliphatic heterocycles. The number of hydrogen-bond acceptors (Lipinski definition) is 4. The van der Waals surface area contributed by atoms with E-state index in [4.69, 9.17) is 4.74 Å². The Labute approximate surface area is 151 Å². The average molecular weight is 367 g/mol. The summed E-state index contributed by atoms with van der Waals surface area (Å²) in [6.07, 6.45) is 3.31. The standard InChI is InChI=1S/C19H23F2NO4/c1-19(2,3)26-18(24)22-13(7-10-17(23)25-4)6-9-16(22)12-5-8-14(20)15(21)11-12/h5,7-8,10-11,13,16H,6,9H2,1-4H3. The van der Waals surface area contributed by atoms with Crippen LogP contribution in [-0.4, -0.2) is 35.7 Å². The van der Waals surface area contributed by atoms with E-state index in [0.29, 0.717) is 18.4 Å². The first-order chi connectivity index (χ1) is 12.1. The van der Waals surface area contributed by atoms with E-state index in [1.165, 1.54) is 24.2 Å². The van der Waals surface area contributed by atoms with Gasteiger partial charge in [0.25, 0.3) is 0 Å². The highest BCUT2D eigenvalue weighted by Gasteiger charge is 2.39. The highest BCUT2D eigenvalue weighted by atomic mass is 19.2. The van der Waals surface area contributed by atoms with Crippen LogP contribution in [0.5, 0.6) is 0 Å².